The maximum absolute atomic E-state index is 5.99. The van der Waals surface area contributed by atoms with Gasteiger partial charge in [0.05, 0.1) is 11.2 Å². The number of aryl methyl sites for hydroxylation is 1. The molecule has 2 rings (SSSR count). The van der Waals surface area contributed by atoms with E-state index in [9.17, 15) is 0 Å². The number of para-hydroxylation sites is 1. The number of benzene rings is 1. The van der Waals surface area contributed by atoms with E-state index >= 15 is 0 Å². The molecule has 0 atom stereocenters. The Balaban J connectivity index is 2.43. The molecule has 3 nitrogen and oxygen atoms in total. The molecular weight excluding hydrogens is 222 g/mol. The molecule has 0 saturated heterocycles. The molecule has 0 spiro atoms. The summed E-state index contributed by atoms with van der Waals surface area (Å²) >= 11 is 0. The molecule has 18 heavy (non-hydrogen) atoms. The van der Waals surface area contributed by atoms with Crippen LogP contribution in [0, 0.1) is 5.41 Å². The highest BCUT2D eigenvalue weighted by Gasteiger charge is 2.27. The van der Waals surface area contributed by atoms with Gasteiger partial charge in [-0.2, -0.15) is 5.10 Å². The summed E-state index contributed by atoms with van der Waals surface area (Å²) in [6.45, 7) is 5.17. The van der Waals surface area contributed by atoms with Crippen molar-refractivity contribution in [1.82, 2.24) is 9.78 Å². The normalized spacial score (nSPS) is 12.2. The lowest BCUT2D eigenvalue weighted by atomic mass is 9.78. The van der Waals surface area contributed by atoms with Gasteiger partial charge in [0.15, 0.2) is 0 Å². The van der Waals surface area contributed by atoms with Gasteiger partial charge in [0.1, 0.15) is 0 Å². The van der Waals surface area contributed by atoms with Gasteiger partial charge in [-0.1, -0.05) is 32.0 Å². The van der Waals surface area contributed by atoms with Gasteiger partial charge in [-0.25, -0.2) is 0 Å². The first kappa shape index (κ1) is 13.1. The molecule has 0 aliphatic carbocycles. The monoisotopic (exact) mass is 245 g/mol. The van der Waals surface area contributed by atoms with Crippen LogP contribution in [0.2, 0.25) is 0 Å². The van der Waals surface area contributed by atoms with Crippen molar-refractivity contribution < 1.29 is 0 Å². The predicted octanol–water partition coefficient (Wildman–Crippen LogP) is 2.88. The van der Waals surface area contributed by atoms with Crippen molar-refractivity contribution in [3.8, 4) is 0 Å². The maximum Gasteiger partial charge on any atom is 0.0709 e. The van der Waals surface area contributed by atoms with Crippen LogP contribution in [-0.4, -0.2) is 16.3 Å². The molecule has 0 saturated carbocycles. The number of hydrogen-bond donors (Lipinski definition) is 1. The van der Waals surface area contributed by atoms with Crippen molar-refractivity contribution in [2.75, 3.05) is 6.54 Å². The average molecular weight is 245 g/mol. The van der Waals surface area contributed by atoms with Crippen LogP contribution in [-0.2, 0) is 13.5 Å². The summed E-state index contributed by atoms with van der Waals surface area (Å²) in [5.41, 5.74) is 8.57. The Hall–Kier alpha value is -1.35. The molecular formula is C15H23N3. The van der Waals surface area contributed by atoms with Gasteiger partial charge in [0.25, 0.3) is 0 Å². The fraction of sp³-hybridized carbons (Fsp3) is 0.533. The van der Waals surface area contributed by atoms with Gasteiger partial charge in [0.2, 0.25) is 0 Å². The van der Waals surface area contributed by atoms with E-state index in [4.69, 9.17) is 5.73 Å². The second-order valence-electron chi connectivity index (χ2n) is 5.18. The molecule has 1 aromatic heterocycles. The van der Waals surface area contributed by atoms with Gasteiger partial charge in [0, 0.05) is 12.4 Å². The molecule has 0 fully saturated rings. The van der Waals surface area contributed by atoms with Crippen molar-refractivity contribution >= 4 is 10.9 Å². The third-order valence-electron chi connectivity index (χ3n) is 4.31. The van der Waals surface area contributed by atoms with Crippen LogP contribution in [0.5, 0.6) is 0 Å². The molecule has 0 bridgehead atoms. The second-order valence-corrected chi connectivity index (χ2v) is 5.18. The summed E-state index contributed by atoms with van der Waals surface area (Å²) in [6, 6.07) is 8.41. The molecule has 0 amide bonds. The number of nitrogens with zero attached hydrogens (tertiary/aromatic N) is 2. The highest BCUT2D eigenvalue weighted by atomic mass is 15.3. The number of fused-ring (bicyclic) bond motifs is 1. The number of hydrogen-bond acceptors (Lipinski definition) is 2. The van der Waals surface area contributed by atoms with E-state index in [1.165, 1.54) is 16.6 Å². The fourth-order valence-corrected chi connectivity index (χ4v) is 2.64. The van der Waals surface area contributed by atoms with Crippen LogP contribution in [0.4, 0.5) is 0 Å². The summed E-state index contributed by atoms with van der Waals surface area (Å²) in [4.78, 5) is 0. The van der Waals surface area contributed by atoms with Crippen LogP contribution in [0.3, 0.4) is 0 Å². The van der Waals surface area contributed by atoms with E-state index in [2.05, 4.69) is 43.2 Å². The maximum atomic E-state index is 5.99. The Morgan fingerprint density at radius 3 is 2.50 bits per heavy atom. The molecule has 2 N–H and O–H groups in total. The van der Waals surface area contributed by atoms with Crippen molar-refractivity contribution in [2.24, 2.45) is 18.2 Å². The minimum atomic E-state index is 0.192. The highest BCUT2D eigenvalue weighted by Crippen LogP contribution is 2.31. The Kier molecular flexibility index (Phi) is 3.71. The lowest BCUT2D eigenvalue weighted by Crippen LogP contribution is -2.31. The highest BCUT2D eigenvalue weighted by molar-refractivity contribution is 5.81. The zero-order valence-electron chi connectivity index (χ0n) is 11.6. The summed E-state index contributed by atoms with van der Waals surface area (Å²) in [5, 5.41) is 5.94. The van der Waals surface area contributed by atoms with Crippen molar-refractivity contribution in [2.45, 2.75) is 33.1 Å². The zero-order valence-corrected chi connectivity index (χ0v) is 11.6. The standard InChI is InChI=1S/C15H23N3/c1-4-15(5-2,11-16)10-13-12-8-6-7-9-14(12)18(3)17-13/h6-9H,4-5,10-11,16H2,1-3H3. The summed E-state index contributed by atoms with van der Waals surface area (Å²) in [7, 11) is 2.01. The largest absolute Gasteiger partial charge is 0.330 e. The molecule has 0 aliphatic heterocycles. The van der Waals surface area contributed by atoms with Crippen molar-refractivity contribution in [3.05, 3.63) is 30.0 Å². The van der Waals surface area contributed by atoms with Crippen LogP contribution in [0.1, 0.15) is 32.4 Å². The predicted molar refractivity (Wildman–Crippen MR) is 76.5 cm³/mol. The fourth-order valence-electron chi connectivity index (χ4n) is 2.64. The number of nitrogens with two attached hydrogens (primary N) is 1. The minimum absolute atomic E-state index is 0.192. The lowest BCUT2D eigenvalue weighted by molar-refractivity contribution is 0.268. The number of rotatable bonds is 5. The van der Waals surface area contributed by atoms with Crippen molar-refractivity contribution in [3.63, 3.8) is 0 Å². The third-order valence-corrected chi connectivity index (χ3v) is 4.31. The van der Waals surface area contributed by atoms with E-state index in [1.54, 1.807) is 0 Å². The summed E-state index contributed by atoms with van der Waals surface area (Å²) < 4.78 is 1.97. The molecule has 3 heteroatoms. The Bertz CT molecular complexity index is 515. The quantitative estimate of drug-likeness (QED) is 0.880. The first-order valence-electron chi connectivity index (χ1n) is 6.76. The molecule has 0 radical (unpaired) electrons. The minimum Gasteiger partial charge on any atom is -0.330 e. The zero-order chi connectivity index (χ0) is 13.2. The van der Waals surface area contributed by atoms with Crippen LogP contribution < -0.4 is 5.73 Å². The summed E-state index contributed by atoms with van der Waals surface area (Å²) in [5.74, 6) is 0. The molecule has 1 heterocycles. The van der Waals surface area contributed by atoms with E-state index in [-0.39, 0.29) is 5.41 Å². The van der Waals surface area contributed by atoms with Crippen LogP contribution >= 0.6 is 0 Å². The average Bonchev–Trinajstić information content (AvgIpc) is 2.73. The number of aromatic nitrogens is 2. The Morgan fingerprint density at radius 2 is 1.89 bits per heavy atom. The molecule has 0 unspecified atom stereocenters. The first-order valence-corrected chi connectivity index (χ1v) is 6.76. The van der Waals surface area contributed by atoms with Gasteiger partial charge in [-0.05, 0) is 37.3 Å². The van der Waals surface area contributed by atoms with Gasteiger partial charge in [-0.3, -0.25) is 4.68 Å². The van der Waals surface area contributed by atoms with Gasteiger partial charge >= 0.3 is 0 Å². The van der Waals surface area contributed by atoms with Crippen molar-refractivity contribution in [1.29, 1.82) is 0 Å². The van der Waals surface area contributed by atoms with E-state index in [1.807, 2.05) is 11.7 Å². The molecule has 0 aliphatic rings. The van der Waals surface area contributed by atoms with E-state index in [0.717, 1.165) is 25.8 Å². The first-order chi connectivity index (χ1) is 8.65. The van der Waals surface area contributed by atoms with Crippen LogP contribution in [0.25, 0.3) is 10.9 Å². The topological polar surface area (TPSA) is 43.8 Å². The third kappa shape index (κ3) is 2.15. The van der Waals surface area contributed by atoms with E-state index < -0.39 is 0 Å². The van der Waals surface area contributed by atoms with E-state index in [0.29, 0.717) is 0 Å². The molecule has 1 aromatic carbocycles. The SMILES string of the molecule is CCC(CC)(CN)Cc1nn(C)c2ccccc12. The Morgan fingerprint density at radius 1 is 1.22 bits per heavy atom. The van der Waals surface area contributed by atoms with Crippen LogP contribution in [0.15, 0.2) is 24.3 Å². The second kappa shape index (κ2) is 5.11. The Labute approximate surface area is 109 Å². The van der Waals surface area contributed by atoms with Gasteiger partial charge < -0.3 is 5.73 Å². The smallest absolute Gasteiger partial charge is 0.0709 e. The van der Waals surface area contributed by atoms with Gasteiger partial charge in [-0.15, -0.1) is 0 Å². The summed E-state index contributed by atoms with van der Waals surface area (Å²) in [6.07, 6.45) is 3.17. The lowest BCUT2D eigenvalue weighted by Gasteiger charge is -2.29. The molecule has 2 aromatic rings. The molecule has 98 valence electrons.